The van der Waals surface area contributed by atoms with Crippen LogP contribution < -0.4 is 26.4 Å². The number of nitrogen functional groups attached to an aromatic ring is 1. The summed E-state index contributed by atoms with van der Waals surface area (Å²) in [7, 11) is 0. The van der Waals surface area contributed by atoms with E-state index in [2.05, 4.69) is 30.9 Å². The molecule has 49 heavy (non-hydrogen) atoms. The molecule has 18 heteroatoms. The smallest absolute Gasteiger partial charge is 0.313 e. The van der Waals surface area contributed by atoms with Crippen LogP contribution in [0.15, 0.2) is 48.8 Å². The molecule has 0 saturated carbocycles. The van der Waals surface area contributed by atoms with Gasteiger partial charge in [-0.2, -0.15) is 9.97 Å². The number of nitrogens with two attached hydrogens (primary N) is 1. The number of carbonyl (C=O) groups is 3. The minimum atomic E-state index is -1.46. The van der Waals surface area contributed by atoms with Crippen molar-refractivity contribution in [2.75, 3.05) is 29.5 Å². The van der Waals surface area contributed by atoms with Crippen molar-refractivity contribution in [1.82, 2.24) is 24.8 Å². The van der Waals surface area contributed by atoms with Gasteiger partial charge in [-0.25, -0.2) is 4.98 Å². The molecular formula is C31H35N9O9. The average molecular weight is 678 g/mol. The third kappa shape index (κ3) is 8.06. The maximum absolute atomic E-state index is 12.5. The SMILES string of the molecule is CCNC(=O)[C@H]1O[C@@H](n2cnc3c(N)nc(NCCc4ccc(CCC(=O)Nc5ccc(OC(C)=O)c([N+](=O)[O-])c5)cc4)nc32)[C@H](O)[C@@H]1O. The molecule has 2 amide bonds. The monoisotopic (exact) mass is 677 g/mol. The van der Waals surface area contributed by atoms with E-state index in [-0.39, 0.29) is 46.7 Å². The first kappa shape index (κ1) is 34.6. The summed E-state index contributed by atoms with van der Waals surface area (Å²) in [5.41, 5.74) is 8.30. The first-order valence-corrected chi connectivity index (χ1v) is 15.3. The summed E-state index contributed by atoms with van der Waals surface area (Å²) >= 11 is 0. The molecule has 2 aromatic heterocycles. The molecule has 0 aliphatic carbocycles. The first-order valence-electron chi connectivity index (χ1n) is 15.3. The minimum Gasteiger partial charge on any atom is -0.419 e. The molecule has 1 fully saturated rings. The fraction of sp³-hybridized carbons (Fsp3) is 0.355. The number of nitro groups is 1. The lowest BCUT2D eigenvalue weighted by Crippen LogP contribution is -2.42. The molecule has 3 heterocycles. The Morgan fingerprint density at radius 2 is 1.80 bits per heavy atom. The molecule has 1 aliphatic rings. The van der Waals surface area contributed by atoms with Crippen molar-refractivity contribution in [1.29, 1.82) is 0 Å². The second-order valence-electron chi connectivity index (χ2n) is 11.2. The number of esters is 1. The van der Waals surface area contributed by atoms with E-state index in [4.69, 9.17) is 15.2 Å². The lowest BCUT2D eigenvalue weighted by molar-refractivity contribution is -0.385. The molecule has 4 aromatic rings. The molecule has 0 spiro atoms. The molecule has 2 aromatic carbocycles. The zero-order chi connectivity index (χ0) is 35.2. The van der Waals surface area contributed by atoms with E-state index in [1.807, 2.05) is 24.3 Å². The number of ether oxygens (including phenoxy) is 2. The third-order valence-electron chi connectivity index (χ3n) is 7.62. The molecule has 18 nitrogen and oxygen atoms in total. The van der Waals surface area contributed by atoms with E-state index >= 15 is 0 Å². The van der Waals surface area contributed by atoms with Gasteiger partial charge in [0, 0.05) is 38.2 Å². The van der Waals surface area contributed by atoms with Crippen molar-refractivity contribution in [2.24, 2.45) is 0 Å². The maximum Gasteiger partial charge on any atom is 0.313 e. The van der Waals surface area contributed by atoms with Crippen LogP contribution in [0.1, 0.15) is 37.6 Å². The van der Waals surface area contributed by atoms with Gasteiger partial charge in [0.15, 0.2) is 23.8 Å². The summed E-state index contributed by atoms with van der Waals surface area (Å²) in [6.45, 7) is 3.63. The second-order valence-corrected chi connectivity index (χ2v) is 11.2. The molecule has 0 bridgehead atoms. The minimum absolute atomic E-state index is 0.0881. The van der Waals surface area contributed by atoms with Crippen LogP contribution in [0.4, 0.5) is 23.1 Å². The Kier molecular flexibility index (Phi) is 10.6. The number of rotatable bonds is 13. The maximum atomic E-state index is 12.5. The Bertz CT molecular complexity index is 1870. The van der Waals surface area contributed by atoms with Crippen LogP contribution in [-0.2, 0) is 32.0 Å². The van der Waals surface area contributed by atoms with E-state index in [9.17, 15) is 34.7 Å². The van der Waals surface area contributed by atoms with E-state index in [1.165, 1.54) is 23.0 Å². The molecule has 5 rings (SSSR count). The van der Waals surface area contributed by atoms with E-state index in [0.717, 1.165) is 24.1 Å². The Labute approximate surface area is 278 Å². The summed E-state index contributed by atoms with van der Waals surface area (Å²) in [5, 5.41) is 40.7. The van der Waals surface area contributed by atoms with Crippen molar-refractivity contribution < 1.29 is 39.0 Å². The number of amides is 2. The normalized spacial score (nSPS) is 18.6. The highest BCUT2D eigenvalue weighted by atomic mass is 16.6. The molecule has 4 atom stereocenters. The number of hydrogen-bond donors (Lipinski definition) is 6. The first-order chi connectivity index (χ1) is 23.4. The number of aliphatic hydroxyl groups excluding tert-OH is 2. The van der Waals surface area contributed by atoms with Crippen LogP contribution in [0.2, 0.25) is 0 Å². The molecular weight excluding hydrogens is 642 g/mol. The van der Waals surface area contributed by atoms with E-state index in [0.29, 0.717) is 25.9 Å². The van der Waals surface area contributed by atoms with E-state index < -0.39 is 47.0 Å². The average Bonchev–Trinajstić information content (AvgIpc) is 3.61. The van der Waals surface area contributed by atoms with Gasteiger partial charge in [-0.3, -0.25) is 29.1 Å². The largest absolute Gasteiger partial charge is 0.419 e. The van der Waals surface area contributed by atoms with Crippen molar-refractivity contribution >= 4 is 52.1 Å². The van der Waals surface area contributed by atoms with Crippen molar-refractivity contribution in [3.05, 3.63) is 70.0 Å². The topological polar surface area (TPSA) is 259 Å². The highest BCUT2D eigenvalue weighted by Gasteiger charge is 2.47. The summed E-state index contributed by atoms with van der Waals surface area (Å²) in [6.07, 6.45) is -2.79. The zero-order valence-electron chi connectivity index (χ0n) is 26.5. The van der Waals surface area contributed by atoms with Gasteiger partial charge in [0.1, 0.15) is 17.7 Å². The number of aromatic nitrogens is 4. The Morgan fingerprint density at radius 1 is 1.08 bits per heavy atom. The van der Waals surface area contributed by atoms with Gasteiger partial charge >= 0.3 is 11.7 Å². The quantitative estimate of drug-likeness (QED) is 0.0503. The number of benzene rings is 2. The van der Waals surface area contributed by atoms with Gasteiger partial charge in [0.05, 0.1) is 11.3 Å². The van der Waals surface area contributed by atoms with Crippen LogP contribution in [-0.4, -0.2) is 83.8 Å². The highest BCUT2D eigenvalue weighted by molar-refractivity contribution is 5.91. The summed E-state index contributed by atoms with van der Waals surface area (Å²) in [4.78, 5) is 59.6. The number of aryl methyl sites for hydroxylation is 1. The van der Waals surface area contributed by atoms with Crippen molar-refractivity contribution in [2.45, 2.75) is 57.6 Å². The number of nitrogens with zero attached hydrogens (tertiary/aromatic N) is 5. The molecule has 258 valence electrons. The number of nitro benzene ring substituents is 1. The molecule has 0 unspecified atom stereocenters. The fourth-order valence-corrected chi connectivity index (χ4v) is 5.24. The van der Waals surface area contributed by atoms with Gasteiger partial charge in [-0.1, -0.05) is 24.3 Å². The van der Waals surface area contributed by atoms with Gasteiger partial charge < -0.3 is 41.4 Å². The fourth-order valence-electron chi connectivity index (χ4n) is 5.24. The lowest BCUT2D eigenvalue weighted by Gasteiger charge is -2.16. The van der Waals surface area contributed by atoms with Gasteiger partial charge in [-0.05, 0) is 43.0 Å². The molecule has 0 radical (unpaired) electrons. The summed E-state index contributed by atoms with van der Waals surface area (Å²) in [5.74, 6) is -1.50. The summed E-state index contributed by atoms with van der Waals surface area (Å²) < 4.78 is 11.9. The molecule has 1 saturated heterocycles. The van der Waals surface area contributed by atoms with Crippen LogP contribution in [0.5, 0.6) is 5.75 Å². The van der Waals surface area contributed by atoms with Crippen LogP contribution >= 0.6 is 0 Å². The van der Waals surface area contributed by atoms with Crippen LogP contribution in [0.3, 0.4) is 0 Å². The van der Waals surface area contributed by atoms with Gasteiger partial charge in [0.25, 0.3) is 5.91 Å². The Balaban J connectivity index is 1.14. The zero-order valence-corrected chi connectivity index (χ0v) is 26.5. The number of likely N-dealkylation sites (N-methyl/N-ethyl adjacent to an activating group) is 1. The van der Waals surface area contributed by atoms with Crippen LogP contribution in [0, 0.1) is 10.1 Å². The van der Waals surface area contributed by atoms with Crippen LogP contribution in [0.25, 0.3) is 11.2 Å². The number of hydrogen-bond acceptors (Lipinski definition) is 14. The van der Waals surface area contributed by atoms with E-state index in [1.54, 1.807) is 6.92 Å². The highest BCUT2D eigenvalue weighted by Crippen LogP contribution is 2.33. The van der Waals surface area contributed by atoms with Gasteiger partial charge in [-0.15, -0.1) is 0 Å². The Morgan fingerprint density at radius 3 is 2.47 bits per heavy atom. The van der Waals surface area contributed by atoms with Crippen molar-refractivity contribution in [3.63, 3.8) is 0 Å². The number of carbonyl (C=O) groups excluding carboxylic acids is 3. The number of imidazole rings is 1. The third-order valence-corrected chi connectivity index (χ3v) is 7.62. The predicted molar refractivity (Wildman–Crippen MR) is 174 cm³/mol. The van der Waals surface area contributed by atoms with Crippen molar-refractivity contribution in [3.8, 4) is 5.75 Å². The molecule has 7 N–H and O–H groups in total. The summed E-state index contributed by atoms with van der Waals surface area (Å²) in [6, 6.07) is 11.5. The number of fused-ring (bicyclic) bond motifs is 1. The van der Waals surface area contributed by atoms with Gasteiger partial charge in [0.2, 0.25) is 17.6 Å². The second kappa shape index (κ2) is 15.0. The predicted octanol–water partition coefficient (Wildman–Crippen LogP) is 1.22. The molecule has 1 aliphatic heterocycles. The standard InChI is InChI=1S/C31H35N9O9/c1-3-33-29(45)26-24(43)25(44)30(49-26)39-15-35-23-27(32)37-31(38-28(23)39)34-13-12-18-6-4-17(5-7-18)8-11-22(42)36-19-9-10-21(48-16(2)41)20(14-19)40(46)47/h4-7,9-10,14-15,24-26,30,43-44H,3,8,11-13H2,1-2H3,(H,33,45)(H,36,42)(H3,32,34,37,38)/t24-,25+,26-,30+/m0/s1. The number of nitrogens with one attached hydrogen (secondary N) is 3. The number of anilines is 3. The lowest BCUT2D eigenvalue weighted by atomic mass is 10.1. The number of aliphatic hydroxyl groups is 2. The Hall–Kier alpha value is -5.72.